The zero-order valence-electron chi connectivity index (χ0n) is 12.6. The molecule has 0 aromatic heterocycles. The van der Waals surface area contributed by atoms with Gasteiger partial charge >= 0.3 is 0 Å². The number of unbranched alkanes of at least 4 members (excludes halogenated alkanes) is 3. The van der Waals surface area contributed by atoms with Gasteiger partial charge in [-0.25, -0.2) is 12.7 Å². The van der Waals surface area contributed by atoms with E-state index < -0.39 is 15.3 Å². The van der Waals surface area contributed by atoms with Gasteiger partial charge in [-0.1, -0.05) is 46.5 Å². The largest absolute Gasteiger partial charge is 0.230 e. The maximum Gasteiger partial charge on any atom is 0.230 e. The van der Waals surface area contributed by atoms with Crippen LogP contribution in [0.4, 0.5) is 0 Å². The number of rotatable bonds is 11. The van der Waals surface area contributed by atoms with E-state index in [1.165, 1.54) is 4.31 Å². The minimum atomic E-state index is -3.45. The number of hydrogen-bond donors (Lipinski definition) is 0. The standard InChI is InChI=1S/C14H28N2O2S/c1-4-7-8-9-10-14(13-15)19(17,18)16(11-5-2)12-6-3/h14H,4-12H2,1-3H3. The summed E-state index contributed by atoms with van der Waals surface area (Å²) in [6.07, 6.45) is 6.07. The Morgan fingerprint density at radius 1 is 1.00 bits per heavy atom. The van der Waals surface area contributed by atoms with Crippen LogP contribution in [-0.4, -0.2) is 31.1 Å². The molecule has 0 heterocycles. The van der Waals surface area contributed by atoms with Crippen molar-refractivity contribution in [2.24, 2.45) is 0 Å². The highest BCUT2D eigenvalue weighted by molar-refractivity contribution is 7.90. The Hall–Kier alpha value is -0.600. The monoisotopic (exact) mass is 288 g/mol. The lowest BCUT2D eigenvalue weighted by Crippen LogP contribution is -2.39. The van der Waals surface area contributed by atoms with Crippen molar-refractivity contribution in [1.82, 2.24) is 4.31 Å². The fourth-order valence-corrected chi connectivity index (χ4v) is 3.91. The van der Waals surface area contributed by atoms with E-state index in [0.717, 1.165) is 38.5 Å². The summed E-state index contributed by atoms with van der Waals surface area (Å²) in [5.41, 5.74) is 0. The summed E-state index contributed by atoms with van der Waals surface area (Å²) in [7, 11) is -3.45. The maximum atomic E-state index is 12.4. The van der Waals surface area contributed by atoms with Gasteiger partial charge < -0.3 is 0 Å². The smallest absolute Gasteiger partial charge is 0.211 e. The molecule has 1 atom stereocenters. The summed E-state index contributed by atoms with van der Waals surface area (Å²) in [5.74, 6) is 0. The molecule has 0 bridgehead atoms. The van der Waals surface area contributed by atoms with E-state index in [9.17, 15) is 8.42 Å². The van der Waals surface area contributed by atoms with Gasteiger partial charge in [-0.15, -0.1) is 0 Å². The molecule has 19 heavy (non-hydrogen) atoms. The fourth-order valence-electron chi connectivity index (χ4n) is 2.08. The van der Waals surface area contributed by atoms with Crippen molar-refractivity contribution in [3.63, 3.8) is 0 Å². The van der Waals surface area contributed by atoms with Crippen LogP contribution in [0.15, 0.2) is 0 Å². The molecule has 4 nitrogen and oxygen atoms in total. The van der Waals surface area contributed by atoms with Crippen molar-refractivity contribution in [3.05, 3.63) is 0 Å². The highest BCUT2D eigenvalue weighted by Crippen LogP contribution is 2.16. The van der Waals surface area contributed by atoms with Crippen LogP contribution in [0.25, 0.3) is 0 Å². The molecule has 0 aromatic rings. The Bertz CT molecular complexity index is 354. The van der Waals surface area contributed by atoms with Crippen LogP contribution in [-0.2, 0) is 10.0 Å². The quantitative estimate of drug-likeness (QED) is 0.548. The molecule has 0 spiro atoms. The Morgan fingerprint density at radius 3 is 2.00 bits per heavy atom. The molecule has 0 N–H and O–H groups in total. The molecule has 1 unspecified atom stereocenters. The van der Waals surface area contributed by atoms with Gasteiger partial charge in [0, 0.05) is 13.1 Å². The first-order valence-electron chi connectivity index (χ1n) is 7.43. The third-order valence-electron chi connectivity index (χ3n) is 3.13. The Balaban J connectivity index is 4.65. The van der Waals surface area contributed by atoms with E-state index in [-0.39, 0.29) is 0 Å². The van der Waals surface area contributed by atoms with Crippen LogP contribution in [0.3, 0.4) is 0 Å². The molecule has 0 saturated heterocycles. The first-order chi connectivity index (χ1) is 9.04. The van der Waals surface area contributed by atoms with E-state index in [2.05, 4.69) is 6.92 Å². The van der Waals surface area contributed by atoms with Crippen molar-refractivity contribution < 1.29 is 8.42 Å². The molecule has 0 amide bonds. The Labute approximate surface area is 118 Å². The average molecular weight is 288 g/mol. The average Bonchev–Trinajstić information content (AvgIpc) is 2.38. The molecule has 0 fully saturated rings. The fraction of sp³-hybridized carbons (Fsp3) is 0.929. The molecule has 0 aromatic carbocycles. The van der Waals surface area contributed by atoms with E-state index in [1.54, 1.807) is 0 Å². The molecule has 0 aliphatic carbocycles. The predicted octanol–water partition coefficient (Wildman–Crippen LogP) is 3.30. The van der Waals surface area contributed by atoms with Gasteiger partial charge in [-0.3, -0.25) is 0 Å². The zero-order chi connectivity index (χ0) is 14.7. The molecular weight excluding hydrogens is 260 g/mol. The van der Waals surface area contributed by atoms with E-state index in [4.69, 9.17) is 5.26 Å². The van der Waals surface area contributed by atoms with Crippen molar-refractivity contribution in [1.29, 1.82) is 5.26 Å². The first-order valence-corrected chi connectivity index (χ1v) is 8.93. The SMILES string of the molecule is CCCCCCC(C#N)S(=O)(=O)N(CCC)CCC. The first kappa shape index (κ1) is 18.4. The van der Waals surface area contributed by atoms with Crippen LogP contribution in [0.2, 0.25) is 0 Å². The third kappa shape index (κ3) is 6.40. The van der Waals surface area contributed by atoms with Crippen molar-refractivity contribution in [2.75, 3.05) is 13.1 Å². The normalized spacial score (nSPS) is 13.4. The van der Waals surface area contributed by atoms with Gasteiger partial charge in [-0.2, -0.15) is 5.26 Å². The topological polar surface area (TPSA) is 61.2 Å². The van der Waals surface area contributed by atoms with Crippen LogP contribution in [0.5, 0.6) is 0 Å². The van der Waals surface area contributed by atoms with Crippen LogP contribution in [0.1, 0.15) is 65.7 Å². The number of sulfonamides is 1. The lowest BCUT2D eigenvalue weighted by Gasteiger charge is -2.23. The van der Waals surface area contributed by atoms with Gasteiger partial charge in [-0.05, 0) is 19.3 Å². The molecule has 0 saturated carbocycles. The summed E-state index contributed by atoms with van der Waals surface area (Å²) >= 11 is 0. The molecule has 112 valence electrons. The molecule has 0 aliphatic rings. The summed E-state index contributed by atoms with van der Waals surface area (Å²) < 4.78 is 26.3. The van der Waals surface area contributed by atoms with Crippen molar-refractivity contribution in [3.8, 4) is 6.07 Å². The Kier molecular flexibility index (Phi) is 9.90. The predicted molar refractivity (Wildman–Crippen MR) is 79.2 cm³/mol. The Morgan fingerprint density at radius 2 is 1.58 bits per heavy atom. The molecule has 0 radical (unpaired) electrons. The summed E-state index contributed by atoms with van der Waals surface area (Å²) in [6, 6.07) is 1.99. The second kappa shape index (κ2) is 10.2. The van der Waals surface area contributed by atoms with Gasteiger partial charge in [0.15, 0.2) is 5.25 Å². The third-order valence-corrected chi connectivity index (χ3v) is 5.27. The molecule has 0 aliphatic heterocycles. The second-order valence-corrected chi connectivity index (χ2v) is 7.03. The number of nitrogens with zero attached hydrogens (tertiary/aromatic N) is 2. The number of nitriles is 1. The zero-order valence-corrected chi connectivity index (χ0v) is 13.4. The highest BCUT2D eigenvalue weighted by Gasteiger charge is 2.30. The molecule has 0 rings (SSSR count). The summed E-state index contributed by atoms with van der Waals surface area (Å²) in [4.78, 5) is 0. The van der Waals surface area contributed by atoms with Gasteiger partial charge in [0.1, 0.15) is 0 Å². The lowest BCUT2D eigenvalue weighted by molar-refractivity contribution is 0.404. The van der Waals surface area contributed by atoms with Crippen LogP contribution >= 0.6 is 0 Å². The van der Waals surface area contributed by atoms with E-state index in [1.807, 2.05) is 19.9 Å². The lowest BCUT2D eigenvalue weighted by atomic mass is 10.1. The second-order valence-electron chi connectivity index (χ2n) is 4.91. The highest BCUT2D eigenvalue weighted by atomic mass is 32.2. The summed E-state index contributed by atoms with van der Waals surface area (Å²) in [6.45, 7) is 7.07. The number of hydrogen-bond acceptors (Lipinski definition) is 3. The van der Waals surface area contributed by atoms with Crippen molar-refractivity contribution in [2.45, 2.75) is 71.0 Å². The summed E-state index contributed by atoms with van der Waals surface area (Å²) in [5, 5.41) is 8.27. The van der Waals surface area contributed by atoms with Gasteiger partial charge in [0.25, 0.3) is 0 Å². The van der Waals surface area contributed by atoms with E-state index >= 15 is 0 Å². The molecule has 5 heteroatoms. The van der Waals surface area contributed by atoms with Crippen molar-refractivity contribution >= 4 is 10.0 Å². The van der Waals surface area contributed by atoms with E-state index in [0.29, 0.717) is 19.5 Å². The van der Waals surface area contributed by atoms with Gasteiger partial charge in [0.05, 0.1) is 6.07 Å². The maximum absolute atomic E-state index is 12.4. The minimum Gasteiger partial charge on any atom is -0.211 e. The minimum absolute atomic E-state index is 0.461. The van der Waals surface area contributed by atoms with Crippen LogP contribution < -0.4 is 0 Å². The van der Waals surface area contributed by atoms with Crippen LogP contribution in [0, 0.1) is 11.3 Å². The molecular formula is C14H28N2O2S. The van der Waals surface area contributed by atoms with Gasteiger partial charge in [0.2, 0.25) is 10.0 Å².